The minimum Gasteiger partial charge on any atom is -0.360 e. The molecule has 0 amide bonds. The molecule has 15 heavy (non-hydrogen) atoms. The van der Waals surface area contributed by atoms with Gasteiger partial charge in [0, 0.05) is 12.6 Å². The highest BCUT2D eigenvalue weighted by Crippen LogP contribution is 2.13. The average molecular weight is 228 g/mol. The van der Waals surface area contributed by atoms with Crippen LogP contribution in [-0.4, -0.2) is 41.3 Å². The zero-order chi connectivity index (χ0) is 11.3. The summed E-state index contributed by atoms with van der Waals surface area (Å²) in [6, 6.07) is 0.619. The van der Waals surface area contributed by atoms with Crippen LogP contribution in [0.2, 0.25) is 0 Å². The highest BCUT2D eigenvalue weighted by atomic mass is 32.1. The Bertz CT molecular complexity index is 285. The third-order valence-corrected chi connectivity index (χ3v) is 3.17. The molecule has 0 aliphatic heterocycles. The molecular weight excluding hydrogens is 208 g/mol. The number of hydrogen-bond donors (Lipinski definition) is 1. The molecule has 1 N–H and O–H groups in total. The first-order valence-electron chi connectivity index (χ1n) is 5.34. The van der Waals surface area contributed by atoms with Gasteiger partial charge in [-0.05, 0) is 40.8 Å². The van der Waals surface area contributed by atoms with Gasteiger partial charge in [-0.15, -0.1) is 10.2 Å². The Kier molecular flexibility index (Phi) is 4.98. The lowest BCUT2D eigenvalue weighted by Gasteiger charge is -2.20. The number of rotatable bonds is 6. The van der Waals surface area contributed by atoms with Gasteiger partial charge in [-0.3, -0.25) is 0 Å². The van der Waals surface area contributed by atoms with E-state index in [1.54, 1.807) is 11.3 Å². The van der Waals surface area contributed by atoms with E-state index >= 15 is 0 Å². The molecule has 0 radical (unpaired) electrons. The van der Waals surface area contributed by atoms with Crippen LogP contribution in [0.4, 0.5) is 5.13 Å². The van der Waals surface area contributed by atoms with E-state index in [1.807, 2.05) is 6.92 Å². The number of nitrogens with one attached hydrogen (secondary N) is 1. The zero-order valence-electron chi connectivity index (χ0n) is 9.95. The normalized spacial score (nSPS) is 11.3. The van der Waals surface area contributed by atoms with E-state index in [4.69, 9.17) is 0 Å². The maximum Gasteiger partial charge on any atom is 0.205 e. The third-order valence-electron chi connectivity index (χ3n) is 2.37. The lowest BCUT2D eigenvalue weighted by molar-refractivity contribution is 0.273. The van der Waals surface area contributed by atoms with E-state index in [-0.39, 0.29) is 0 Å². The maximum atomic E-state index is 4.01. The number of aromatic nitrogens is 2. The molecule has 0 fully saturated rings. The Balaban J connectivity index is 2.12. The molecule has 5 heteroatoms. The van der Waals surface area contributed by atoms with Crippen LogP contribution >= 0.6 is 11.3 Å². The van der Waals surface area contributed by atoms with Crippen molar-refractivity contribution in [1.29, 1.82) is 0 Å². The van der Waals surface area contributed by atoms with E-state index in [0.717, 1.165) is 29.6 Å². The van der Waals surface area contributed by atoms with Crippen LogP contribution < -0.4 is 5.32 Å². The van der Waals surface area contributed by atoms with Gasteiger partial charge in [0.15, 0.2) is 0 Å². The zero-order valence-corrected chi connectivity index (χ0v) is 10.8. The summed E-state index contributed by atoms with van der Waals surface area (Å²) >= 11 is 1.61. The highest BCUT2D eigenvalue weighted by Gasteiger charge is 2.02. The molecule has 0 saturated carbocycles. The number of anilines is 1. The molecule has 0 saturated heterocycles. The summed E-state index contributed by atoms with van der Waals surface area (Å²) in [7, 11) is 2.15. The van der Waals surface area contributed by atoms with Crippen molar-refractivity contribution in [3.05, 3.63) is 5.01 Å². The van der Waals surface area contributed by atoms with Crippen molar-refractivity contribution < 1.29 is 0 Å². The molecule has 0 unspecified atom stereocenters. The van der Waals surface area contributed by atoms with Crippen molar-refractivity contribution in [2.45, 2.75) is 33.2 Å². The van der Waals surface area contributed by atoms with Gasteiger partial charge in [0.2, 0.25) is 5.13 Å². The van der Waals surface area contributed by atoms with Crippen molar-refractivity contribution in [3.8, 4) is 0 Å². The van der Waals surface area contributed by atoms with E-state index in [2.05, 4.69) is 41.3 Å². The summed E-state index contributed by atoms with van der Waals surface area (Å²) in [4.78, 5) is 2.34. The second kappa shape index (κ2) is 6.02. The SMILES string of the molecule is Cc1nnc(NCCCN(C)C(C)C)s1. The Labute approximate surface area is 95.7 Å². The minimum atomic E-state index is 0.619. The predicted molar refractivity (Wildman–Crippen MR) is 65.5 cm³/mol. The molecule has 86 valence electrons. The van der Waals surface area contributed by atoms with Crippen LogP contribution in [0.15, 0.2) is 0 Å². The fraction of sp³-hybridized carbons (Fsp3) is 0.800. The summed E-state index contributed by atoms with van der Waals surface area (Å²) in [5.74, 6) is 0. The standard InChI is InChI=1S/C10H20N4S/c1-8(2)14(4)7-5-6-11-10-13-12-9(3)15-10/h8H,5-7H2,1-4H3,(H,11,13). The molecule has 0 aliphatic rings. The highest BCUT2D eigenvalue weighted by molar-refractivity contribution is 7.15. The molecule has 0 spiro atoms. The molecule has 1 aromatic heterocycles. The summed E-state index contributed by atoms with van der Waals surface area (Å²) in [5, 5.41) is 13.2. The Morgan fingerprint density at radius 3 is 2.67 bits per heavy atom. The summed E-state index contributed by atoms with van der Waals surface area (Å²) in [6.45, 7) is 8.46. The fourth-order valence-corrected chi connectivity index (χ4v) is 1.77. The lowest BCUT2D eigenvalue weighted by atomic mass is 10.3. The topological polar surface area (TPSA) is 41.1 Å². The van der Waals surface area contributed by atoms with Crippen LogP contribution in [0.25, 0.3) is 0 Å². The van der Waals surface area contributed by atoms with E-state index in [9.17, 15) is 0 Å². The van der Waals surface area contributed by atoms with Crippen molar-refractivity contribution in [3.63, 3.8) is 0 Å². The first-order chi connectivity index (χ1) is 7.09. The third kappa shape index (κ3) is 4.57. The van der Waals surface area contributed by atoms with Gasteiger partial charge in [-0.1, -0.05) is 11.3 Å². The molecular formula is C10H20N4S. The second-order valence-corrected chi connectivity index (χ2v) is 5.16. The minimum absolute atomic E-state index is 0.619. The van der Waals surface area contributed by atoms with Gasteiger partial charge in [0.1, 0.15) is 5.01 Å². The molecule has 1 rings (SSSR count). The molecule has 0 aliphatic carbocycles. The average Bonchev–Trinajstić information content (AvgIpc) is 2.58. The Hall–Kier alpha value is -0.680. The largest absolute Gasteiger partial charge is 0.360 e. The van der Waals surface area contributed by atoms with E-state index < -0.39 is 0 Å². The second-order valence-electron chi connectivity index (χ2n) is 3.98. The summed E-state index contributed by atoms with van der Waals surface area (Å²) in [5.41, 5.74) is 0. The first kappa shape index (κ1) is 12.4. The molecule has 0 bridgehead atoms. The molecule has 1 aromatic rings. The van der Waals surface area contributed by atoms with Crippen molar-refractivity contribution in [2.75, 3.05) is 25.5 Å². The summed E-state index contributed by atoms with van der Waals surface area (Å²) < 4.78 is 0. The first-order valence-corrected chi connectivity index (χ1v) is 6.15. The number of nitrogens with zero attached hydrogens (tertiary/aromatic N) is 3. The van der Waals surface area contributed by atoms with Gasteiger partial charge in [0.25, 0.3) is 0 Å². The van der Waals surface area contributed by atoms with Crippen LogP contribution in [0.1, 0.15) is 25.3 Å². The molecule has 0 aromatic carbocycles. The Morgan fingerprint density at radius 2 is 2.13 bits per heavy atom. The van der Waals surface area contributed by atoms with Crippen molar-refractivity contribution >= 4 is 16.5 Å². The number of hydrogen-bond acceptors (Lipinski definition) is 5. The van der Waals surface area contributed by atoms with Gasteiger partial charge < -0.3 is 10.2 Å². The maximum absolute atomic E-state index is 4.01. The number of aryl methyl sites for hydroxylation is 1. The smallest absolute Gasteiger partial charge is 0.205 e. The quantitative estimate of drug-likeness (QED) is 0.756. The Morgan fingerprint density at radius 1 is 1.40 bits per heavy atom. The van der Waals surface area contributed by atoms with Crippen LogP contribution in [-0.2, 0) is 0 Å². The molecule has 1 heterocycles. The lowest BCUT2D eigenvalue weighted by Crippen LogP contribution is -2.28. The van der Waals surface area contributed by atoms with Gasteiger partial charge >= 0.3 is 0 Å². The van der Waals surface area contributed by atoms with Gasteiger partial charge in [-0.25, -0.2) is 0 Å². The van der Waals surface area contributed by atoms with E-state index in [1.165, 1.54) is 0 Å². The van der Waals surface area contributed by atoms with Crippen molar-refractivity contribution in [1.82, 2.24) is 15.1 Å². The van der Waals surface area contributed by atoms with Crippen LogP contribution in [0.3, 0.4) is 0 Å². The summed E-state index contributed by atoms with van der Waals surface area (Å²) in [6.07, 6.45) is 1.13. The van der Waals surface area contributed by atoms with Crippen LogP contribution in [0, 0.1) is 6.92 Å². The van der Waals surface area contributed by atoms with Gasteiger partial charge in [0.05, 0.1) is 0 Å². The molecule has 4 nitrogen and oxygen atoms in total. The fourth-order valence-electron chi connectivity index (χ4n) is 1.15. The predicted octanol–water partition coefficient (Wildman–Crippen LogP) is 1.99. The van der Waals surface area contributed by atoms with Gasteiger partial charge in [-0.2, -0.15) is 0 Å². The monoisotopic (exact) mass is 228 g/mol. The van der Waals surface area contributed by atoms with Crippen LogP contribution in [0.5, 0.6) is 0 Å². The van der Waals surface area contributed by atoms with Crippen molar-refractivity contribution in [2.24, 2.45) is 0 Å². The molecule has 0 atom stereocenters. The van der Waals surface area contributed by atoms with E-state index in [0.29, 0.717) is 6.04 Å².